The zero-order valence-corrected chi connectivity index (χ0v) is 16.9. The van der Waals surface area contributed by atoms with Crippen LogP contribution in [0.15, 0.2) is 47.0 Å². The number of hydrogen-bond acceptors (Lipinski definition) is 4. The van der Waals surface area contributed by atoms with Crippen LogP contribution in [-0.2, 0) is 0 Å². The summed E-state index contributed by atoms with van der Waals surface area (Å²) < 4.78 is 24.9. The van der Waals surface area contributed by atoms with E-state index in [0.29, 0.717) is 18.8 Å². The summed E-state index contributed by atoms with van der Waals surface area (Å²) in [6.45, 7) is 2.82. The van der Waals surface area contributed by atoms with Gasteiger partial charge >= 0.3 is 0 Å². The molecule has 1 aliphatic rings. The van der Waals surface area contributed by atoms with E-state index in [2.05, 4.69) is 5.16 Å². The third-order valence-corrected chi connectivity index (χ3v) is 5.65. The molecule has 0 aliphatic carbocycles. The number of rotatable bonds is 4. The minimum atomic E-state index is -0.544. The van der Waals surface area contributed by atoms with E-state index >= 15 is 0 Å². The molecule has 1 atom stereocenters. The number of carbonyl (C=O) groups excluding carboxylic acids is 1. The Balaban J connectivity index is 1.60. The second kappa shape index (κ2) is 7.87. The molecule has 2 heterocycles. The fourth-order valence-electron chi connectivity index (χ4n) is 3.77. The van der Waals surface area contributed by atoms with Gasteiger partial charge in [0.25, 0.3) is 5.91 Å². The van der Waals surface area contributed by atoms with Crippen molar-refractivity contribution in [3.63, 3.8) is 0 Å². The predicted molar refractivity (Wildman–Crippen MR) is 108 cm³/mol. The number of benzene rings is 2. The summed E-state index contributed by atoms with van der Waals surface area (Å²) in [5.41, 5.74) is 1.64. The Kier molecular flexibility index (Phi) is 5.28. The number of halogens is 2. The number of carbonyl (C=O) groups is 1. The summed E-state index contributed by atoms with van der Waals surface area (Å²) in [6.07, 6.45) is 0.845. The van der Waals surface area contributed by atoms with Crippen LogP contribution in [-0.4, -0.2) is 36.2 Å². The Morgan fingerprint density at radius 2 is 2.03 bits per heavy atom. The van der Waals surface area contributed by atoms with Crippen molar-refractivity contribution < 1.29 is 18.4 Å². The zero-order valence-electron chi connectivity index (χ0n) is 16.1. The molecule has 0 bridgehead atoms. The minimum Gasteiger partial charge on any atom is -0.497 e. The van der Waals surface area contributed by atoms with Gasteiger partial charge in [-0.3, -0.25) is 4.79 Å². The molecule has 1 aliphatic heterocycles. The molecule has 150 valence electrons. The van der Waals surface area contributed by atoms with Gasteiger partial charge < -0.3 is 14.2 Å². The molecule has 1 aromatic heterocycles. The van der Waals surface area contributed by atoms with Gasteiger partial charge in [-0.05, 0) is 43.2 Å². The molecule has 0 N–H and O–H groups in total. The molecule has 0 spiro atoms. The second-order valence-corrected chi connectivity index (χ2v) is 7.48. The Morgan fingerprint density at radius 1 is 1.28 bits per heavy atom. The SMILES string of the molecule is COc1ccc(C2CCN(C(=O)c3c(-c4c(F)cccc4Cl)noc3C)C2)cc1. The van der Waals surface area contributed by atoms with Crippen molar-refractivity contribution in [2.75, 3.05) is 20.2 Å². The van der Waals surface area contributed by atoms with E-state index in [-0.39, 0.29) is 33.7 Å². The quantitative estimate of drug-likeness (QED) is 0.597. The number of nitrogens with zero attached hydrogens (tertiary/aromatic N) is 2. The fourth-order valence-corrected chi connectivity index (χ4v) is 4.02. The average Bonchev–Trinajstić information content (AvgIpc) is 3.35. The molecule has 29 heavy (non-hydrogen) atoms. The largest absolute Gasteiger partial charge is 0.497 e. The molecule has 3 aromatic rings. The number of ether oxygens (including phenoxy) is 1. The summed E-state index contributed by atoms with van der Waals surface area (Å²) in [7, 11) is 1.63. The van der Waals surface area contributed by atoms with Crippen LogP contribution in [0.1, 0.15) is 34.0 Å². The van der Waals surface area contributed by atoms with Crippen molar-refractivity contribution in [3.8, 4) is 17.0 Å². The molecule has 0 radical (unpaired) electrons. The van der Waals surface area contributed by atoms with Crippen LogP contribution in [0.25, 0.3) is 11.3 Å². The summed E-state index contributed by atoms with van der Waals surface area (Å²) >= 11 is 6.18. The van der Waals surface area contributed by atoms with Crippen molar-refractivity contribution in [2.24, 2.45) is 0 Å². The lowest BCUT2D eigenvalue weighted by Crippen LogP contribution is -2.29. The highest BCUT2D eigenvalue weighted by atomic mass is 35.5. The maximum atomic E-state index is 14.4. The lowest BCUT2D eigenvalue weighted by molar-refractivity contribution is 0.0789. The van der Waals surface area contributed by atoms with E-state index in [9.17, 15) is 9.18 Å². The average molecular weight is 415 g/mol. The van der Waals surface area contributed by atoms with Crippen LogP contribution in [0.5, 0.6) is 5.75 Å². The Labute approximate surface area is 173 Å². The van der Waals surface area contributed by atoms with Crippen molar-refractivity contribution in [2.45, 2.75) is 19.3 Å². The maximum absolute atomic E-state index is 14.4. The fraction of sp³-hybridized carbons (Fsp3) is 0.273. The summed E-state index contributed by atoms with van der Waals surface area (Å²) in [5, 5.41) is 4.12. The molecule has 1 fully saturated rings. The monoisotopic (exact) mass is 414 g/mol. The third kappa shape index (κ3) is 3.60. The first-order valence-electron chi connectivity index (χ1n) is 9.33. The van der Waals surface area contributed by atoms with E-state index in [4.69, 9.17) is 20.9 Å². The first kappa shape index (κ1) is 19.5. The molecule has 4 rings (SSSR count). The molecule has 5 nitrogen and oxygen atoms in total. The summed E-state index contributed by atoms with van der Waals surface area (Å²) in [6, 6.07) is 12.2. The van der Waals surface area contributed by atoms with E-state index < -0.39 is 5.82 Å². The standard InChI is InChI=1S/C22H20ClFN2O3/c1-13-19(21(25-29-13)20-17(23)4-3-5-18(20)24)22(27)26-11-10-15(12-26)14-6-8-16(28-2)9-7-14/h3-9,15H,10-12H2,1-2H3. The van der Waals surface area contributed by atoms with Crippen molar-refractivity contribution in [1.29, 1.82) is 0 Å². The maximum Gasteiger partial charge on any atom is 0.259 e. The van der Waals surface area contributed by atoms with Crippen LogP contribution in [0.4, 0.5) is 4.39 Å². The minimum absolute atomic E-state index is 0.0836. The van der Waals surface area contributed by atoms with Gasteiger partial charge in [0.1, 0.15) is 28.6 Å². The normalized spacial score (nSPS) is 16.3. The van der Waals surface area contributed by atoms with Crippen LogP contribution in [0.3, 0.4) is 0 Å². The smallest absolute Gasteiger partial charge is 0.259 e. The second-order valence-electron chi connectivity index (χ2n) is 7.07. The first-order valence-corrected chi connectivity index (χ1v) is 9.71. The molecule has 1 amide bonds. The predicted octanol–water partition coefficient (Wildman–Crippen LogP) is 5.08. The van der Waals surface area contributed by atoms with Crippen molar-refractivity contribution in [3.05, 3.63) is 70.2 Å². The molecular formula is C22H20ClFN2O3. The van der Waals surface area contributed by atoms with Crippen LogP contribution < -0.4 is 4.74 Å². The van der Waals surface area contributed by atoms with Crippen LogP contribution >= 0.6 is 11.6 Å². The molecule has 1 saturated heterocycles. The molecular weight excluding hydrogens is 395 g/mol. The van der Waals surface area contributed by atoms with Crippen LogP contribution in [0, 0.1) is 12.7 Å². The van der Waals surface area contributed by atoms with Gasteiger partial charge in [-0.15, -0.1) is 0 Å². The van der Waals surface area contributed by atoms with Gasteiger partial charge in [-0.25, -0.2) is 4.39 Å². The number of aryl methyl sites for hydroxylation is 1. The Bertz CT molecular complexity index is 1030. The van der Waals surface area contributed by atoms with Gasteiger partial charge in [0.05, 0.1) is 17.7 Å². The van der Waals surface area contributed by atoms with Crippen molar-refractivity contribution in [1.82, 2.24) is 10.1 Å². The van der Waals surface area contributed by atoms with Gasteiger partial charge in [-0.1, -0.05) is 35.0 Å². The van der Waals surface area contributed by atoms with Gasteiger partial charge in [0, 0.05) is 19.0 Å². The number of likely N-dealkylation sites (tertiary alicyclic amines) is 1. The summed E-state index contributed by atoms with van der Waals surface area (Å²) in [4.78, 5) is 15.0. The molecule has 2 aromatic carbocycles. The highest BCUT2D eigenvalue weighted by molar-refractivity contribution is 6.33. The Morgan fingerprint density at radius 3 is 2.72 bits per heavy atom. The Hall–Kier alpha value is -2.86. The zero-order chi connectivity index (χ0) is 20.5. The van der Waals surface area contributed by atoms with Crippen molar-refractivity contribution >= 4 is 17.5 Å². The van der Waals surface area contributed by atoms with Gasteiger partial charge in [0.2, 0.25) is 0 Å². The topological polar surface area (TPSA) is 55.6 Å². The van der Waals surface area contributed by atoms with Crippen LogP contribution in [0.2, 0.25) is 5.02 Å². The first-order chi connectivity index (χ1) is 14.0. The molecule has 0 saturated carbocycles. The van der Waals surface area contributed by atoms with E-state index in [0.717, 1.165) is 17.7 Å². The molecule has 1 unspecified atom stereocenters. The summed E-state index contributed by atoms with van der Waals surface area (Å²) in [5.74, 6) is 0.598. The van der Waals surface area contributed by atoms with Gasteiger partial charge in [0.15, 0.2) is 0 Å². The number of amides is 1. The van der Waals surface area contributed by atoms with E-state index in [1.165, 1.54) is 12.1 Å². The highest BCUT2D eigenvalue weighted by Crippen LogP contribution is 2.36. The lowest BCUT2D eigenvalue weighted by atomic mass is 9.98. The third-order valence-electron chi connectivity index (χ3n) is 5.34. The highest BCUT2D eigenvalue weighted by Gasteiger charge is 2.33. The number of aromatic nitrogens is 1. The number of hydrogen-bond donors (Lipinski definition) is 0. The van der Waals surface area contributed by atoms with E-state index in [1.807, 2.05) is 24.3 Å². The van der Waals surface area contributed by atoms with Gasteiger partial charge in [-0.2, -0.15) is 0 Å². The lowest BCUT2D eigenvalue weighted by Gasteiger charge is -2.17. The molecule has 7 heteroatoms. The van der Waals surface area contributed by atoms with E-state index in [1.54, 1.807) is 25.0 Å². The number of methoxy groups -OCH3 is 1.